The third kappa shape index (κ3) is 4.92. The van der Waals surface area contributed by atoms with Crippen molar-refractivity contribution in [3.8, 4) is 0 Å². The molecule has 0 bridgehead atoms. The van der Waals surface area contributed by atoms with Gasteiger partial charge in [-0.05, 0) is 58.5 Å². The molecule has 2 aliphatic heterocycles. The van der Waals surface area contributed by atoms with Crippen LogP contribution in [0.3, 0.4) is 0 Å². The summed E-state index contributed by atoms with van der Waals surface area (Å²) in [5.74, 6) is 0.159. The quantitative estimate of drug-likeness (QED) is 0.586. The second-order valence-corrected chi connectivity index (χ2v) is 8.73. The molecule has 0 amide bonds. The Balaban J connectivity index is 1.43. The molecule has 0 saturated carbocycles. The first kappa shape index (κ1) is 20.4. The molecule has 0 spiro atoms. The zero-order chi connectivity index (χ0) is 19.5. The highest BCUT2D eigenvalue weighted by atomic mass is 16.7. The Bertz CT molecular complexity index is 618. The first-order valence-corrected chi connectivity index (χ1v) is 10.1. The van der Waals surface area contributed by atoms with E-state index >= 15 is 0 Å². The van der Waals surface area contributed by atoms with Crippen LogP contribution >= 0.6 is 0 Å². The average molecular weight is 373 g/mol. The highest BCUT2D eigenvalue weighted by Gasteiger charge is 2.50. The van der Waals surface area contributed by atoms with E-state index in [4.69, 9.17) is 14.0 Å². The SMILES string of the molecule is CC1(C)OB(CCCC2CNCC2C(=O)OCc2ccccc2)OC1(C)C. The maximum atomic E-state index is 12.5. The molecule has 2 atom stereocenters. The Kier molecular flexibility index (Phi) is 6.29. The molecule has 6 heteroatoms. The third-order valence-electron chi connectivity index (χ3n) is 6.18. The van der Waals surface area contributed by atoms with E-state index in [0.29, 0.717) is 19.1 Å². The molecule has 2 heterocycles. The fraction of sp³-hybridized carbons (Fsp3) is 0.667. The number of carbonyl (C=O) groups is 1. The van der Waals surface area contributed by atoms with Crippen molar-refractivity contribution in [2.75, 3.05) is 13.1 Å². The van der Waals surface area contributed by atoms with Crippen molar-refractivity contribution in [1.29, 1.82) is 0 Å². The first-order chi connectivity index (χ1) is 12.8. The minimum atomic E-state index is -0.281. The van der Waals surface area contributed by atoms with Crippen LogP contribution in [-0.4, -0.2) is 37.4 Å². The molecule has 148 valence electrons. The van der Waals surface area contributed by atoms with Gasteiger partial charge in [-0.2, -0.15) is 0 Å². The summed E-state index contributed by atoms with van der Waals surface area (Å²) in [6.07, 6.45) is 2.81. The largest absolute Gasteiger partial charge is 0.461 e. The molecular weight excluding hydrogens is 341 g/mol. The lowest BCUT2D eigenvalue weighted by Gasteiger charge is -2.32. The number of carbonyl (C=O) groups excluding carboxylic acids is 1. The molecule has 0 radical (unpaired) electrons. The number of benzene rings is 1. The van der Waals surface area contributed by atoms with Crippen LogP contribution < -0.4 is 5.32 Å². The number of esters is 1. The standard InChI is InChI=1S/C21H32BNO4/c1-20(2)21(3,4)27-22(26-20)12-8-11-17-13-23-14-18(17)19(24)25-15-16-9-6-5-7-10-16/h5-7,9-10,17-18,23H,8,11-15H2,1-4H3. The van der Waals surface area contributed by atoms with Crippen LogP contribution in [0.1, 0.15) is 46.1 Å². The van der Waals surface area contributed by atoms with Gasteiger partial charge in [0.05, 0.1) is 17.1 Å². The van der Waals surface area contributed by atoms with Gasteiger partial charge in [-0.1, -0.05) is 36.8 Å². The van der Waals surface area contributed by atoms with E-state index in [-0.39, 0.29) is 30.2 Å². The van der Waals surface area contributed by atoms with Crippen molar-refractivity contribution in [3.05, 3.63) is 35.9 Å². The van der Waals surface area contributed by atoms with E-state index in [9.17, 15) is 4.79 Å². The zero-order valence-electron chi connectivity index (χ0n) is 17.0. The van der Waals surface area contributed by atoms with Crippen molar-refractivity contribution in [2.45, 2.75) is 64.7 Å². The molecule has 27 heavy (non-hydrogen) atoms. The highest BCUT2D eigenvalue weighted by molar-refractivity contribution is 6.45. The molecule has 3 rings (SSSR count). The number of hydrogen-bond acceptors (Lipinski definition) is 5. The van der Waals surface area contributed by atoms with Gasteiger partial charge in [-0.15, -0.1) is 0 Å². The minimum absolute atomic E-state index is 0.0630. The summed E-state index contributed by atoms with van der Waals surface area (Å²) in [5.41, 5.74) is 0.460. The molecule has 1 N–H and O–H groups in total. The summed E-state index contributed by atoms with van der Waals surface area (Å²) < 4.78 is 17.7. The molecule has 0 aliphatic carbocycles. The molecule has 0 aromatic heterocycles. The smallest absolute Gasteiger partial charge is 0.457 e. The lowest BCUT2D eigenvalue weighted by atomic mass is 9.79. The van der Waals surface area contributed by atoms with Crippen molar-refractivity contribution >= 4 is 13.1 Å². The summed E-state index contributed by atoms with van der Waals surface area (Å²) in [7, 11) is -0.159. The summed E-state index contributed by atoms with van der Waals surface area (Å²) in [5, 5.41) is 3.34. The molecule has 1 aromatic carbocycles. The van der Waals surface area contributed by atoms with Gasteiger partial charge in [0.2, 0.25) is 0 Å². The van der Waals surface area contributed by atoms with E-state index in [1.54, 1.807) is 0 Å². The summed E-state index contributed by atoms with van der Waals surface area (Å²) in [6.45, 7) is 10.2. The Hall–Kier alpha value is -1.37. The predicted molar refractivity (Wildman–Crippen MR) is 106 cm³/mol. The molecular formula is C21H32BNO4. The van der Waals surface area contributed by atoms with Gasteiger partial charge in [0.15, 0.2) is 0 Å². The third-order valence-corrected chi connectivity index (χ3v) is 6.18. The fourth-order valence-electron chi connectivity index (χ4n) is 3.78. The van der Waals surface area contributed by atoms with Gasteiger partial charge in [-0.3, -0.25) is 4.79 Å². The Labute approximate surface area is 163 Å². The number of nitrogens with one attached hydrogen (secondary N) is 1. The van der Waals surface area contributed by atoms with Crippen molar-refractivity contribution in [1.82, 2.24) is 5.32 Å². The predicted octanol–water partition coefficient (Wildman–Crippen LogP) is 3.44. The van der Waals surface area contributed by atoms with Crippen molar-refractivity contribution < 1.29 is 18.8 Å². The second-order valence-electron chi connectivity index (χ2n) is 8.73. The monoisotopic (exact) mass is 373 g/mol. The lowest BCUT2D eigenvalue weighted by Crippen LogP contribution is -2.41. The maximum absolute atomic E-state index is 12.5. The maximum Gasteiger partial charge on any atom is 0.457 e. The van der Waals surface area contributed by atoms with E-state index in [1.807, 2.05) is 30.3 Å². The molecule has 2 fully saturated rings. The molecule has 2 saturated heterocycles. The molecule has 5 nitrogen and oxygen atoms in total. The van der Waals surface area contributed by atoms with E-state index in [0.717, 1.165) is 31.3 Å². The van der Waals surface area contributed by atoms with E-state index < -0.39 is 0 Å². The van der Waals surface area contributed by atoms with Crippen molar-refractivity contribution in [3.63, 3.8) is 0 Å². The number of ether oxygens (including phenoxy) is 1. The van der Waals surface area contributed by atoms with Crippen LogP contribution in [0.25, 0.3) is 0 Å². The van der Waals surface area contributed by atoms with Gasteiger partial charge in [0, 0.05) is 6.54 Å². The van der Waals surface area contributed by atoms with Crippen molar-refractivity contribution in [2.24, 2.45) is 11.8 Å². The van der Waals surface area contributed by atoms with E-state index in [2.05, 4.69) is 33.0 Å². The van der Waals surface area contributed by atoms with E-state index in [1.165, 1.54) is 0 Å². The minimum Gasteiger partial charge on any atom is -0.461 e. The zero-order valence-corrected chi connectivity index (χ0v) is 17.0. The van der Waals surface area contributed by atoms with Gasteiger partial charge in [-0.25, -0.2) is 0 Å². The molecule has 2 unspecified atom stereocenters. The molecule has 1 aromatic rings. The Morgan fingerprint density at radius 1 is 1.15 bits per heavy atom. The van der Waals surface area contributed by atoms with Gasteiger partial charge in [0.1, 0.15) is 6.61 Å². The Morgan fingerprint density at radius 3 is 2.48 bits per heavy atom. The van der Waals surface area contributed by atoms with Gasteiger partial charge >= 0.3 is 13.1 Å². The van der Waals surface area contributed by atoms with Crippen LogP contribution in [0, 0.1) is 11.8 Å². The summed E-state index contributed by atoms with van der Waals surface area (Å²) in [4.78, 5) is 12.5. The van der Waals surface area contributed by atoms with Crippen LogP contribution in [0.15, 0.2) is 30.3 Å². The lowest BCUT2D eigenvalue weighted by molar-refractivity contribution is -0.150. The first-order valence-electron chi connectivity index (χ1n) is 10.1. The summed E-state index contributed by atoms with van der Waals surface area (Å²) in [6, 6.07) is 9.82. The fourth-order valence-corrected chi connectivity index (χ4v) is 3.78. The van der Waals surface area contributed by atoms with Gasteiger partial charge in [0.25, 0.3) is 0 Å². The highest BCUT2D eigenvalue weighted by Crippen LogP contribution is 2.38. The Morgan fingerprint density at radius 2 is 1.81 bits per heavy atom. The summed E-state index contributed by atoms with van der Waals surface area (Å²) >= 11 is 0. The molecule has 2 aliphatic rings. The number of rotatable bonds is 7. The van der Waals surface area contributed by atoms with Crippen LogP contribution in [0.5, 0.6) is 0 Å². The second kappa shape index (κ2) is 8.33. The van der Waals surface area contributed by atoms with Gasteiger partial charge < -0.3 is 19.4 Å². The normalized spacial score (nSPS) is 26.3. The topological polar surface area (TPSA) is 56.8 Å². The van der Waals surface area contributed by atoms with Crippen LogP contribution in [0.4, 0.5) is 0 Å². The van der Waals surface area contributed by atoms with Crippen LogP contribution in [-0.2, 0) is 25.4 Å². The average Bonchev–Trinajstić information content (AvgIpc) is 3.15. The van der Waals surface area contributed by atoms with Crippen LogP contribution in [0.2, 0.25) is 6.32 Å². The number of hydrogen-bond donors (Lipinski definition) is 1.